The van der Waals surface area contributed by atoms with Crippen LogP contribution in [0, 0.1) is 0 Å². The monoisotopic (exact) mass is 528 g/mol. The second-order valence-electron chi connectivity index (χ2n) is 9.95. The summed E-state index contributed by atoms with van der Waals surface area (Å²) in [5.74, 6) is 1.91. The molecule has 5 nitrogen and oxygen atoms in total. The molecule has 6 rings (SSSR count). The third-order valence-corrected chi connectivity index (χ3v) is 7.84. The van der Waals surface area contributed by atoms with Crippen molar-refractivity contribution in [2.24, 2.45) is 0 Å². The van der Waals surface area contributed by atoms with Crippen LogP contribution in [-0.2, 0) is 20.9 Å². The van der Waals surface area contributed by atoms with Crippen LogP contribution in [0.1, 0.15) is 62.5 Å². The maximum atomic E-state index is 13.2. The molecule has 0 saturated heterocycles. The number of halogens is 1. The van der Waals surface area contributed by atoms with Crippen molar-refractivity contribution in [2.75, 3.05) is 6.61 Å². The highest BCUT2D eigenvalue weighted by Gasteiger charge is 2.42. The van der Waals surface area contributed by atoms with E-state index in [1.807, 2.05) is 43.3 Å². The number of hydrogen-bond acceptors (Lipinski definition) is 5. The Balaban J connectivity index is 1.41. The first-order chi connectivity index (χ1) is 18.5. The fourth-order valence-corrected chi connectivity index (χ4v) is 6.15. The van der Waals surface area contributed by atoms with E-state index in [4.69, 9.17) is 25.8 Å². The van der Waals surface area contributed by atoms with Gasteiger partial charge in [0, 0.05) is 42.7 Å². The van der Waals surface area contributed by atoms with Crippen LogP contribution in [0.15, 0.2) is 77.3 Å². The van der Waals surface area contributed by atoms with E-state index >= 15 is 0 Å². The number of hydrogen-bond donors (Lipinski definition) is 0. The summed E-state index contributed by atoms with van der Waals surface area (Å²) < 4.78 is 18.5. The zero-order valence-corrected chi connectivity index (χ0v) is 22.1. The van der Waals surface area contributed by atoms with Gasteiger partial charge in [0.1, 0.15) is 18.1 Å². The second kappa shape index (κ2) is 10.3. The number of carbonyl (C=O) groups is 2. The summed E-state index contributed by atoms with van der Waals surface area (Å²) in [6.45, 7) is 2.64. The van der Waals surface area contributed by atoms with E-state index in [9.17, 15) is 9.59 Å². The molecule has 1 aliphatic heterocycles. The standard InChI is InChI=1S/C32H29ClO5/c1-2-36-28-17-21(16-23(33)32(28)37-18-20-10-5-9-19-8-3-4-11-22(19)20)29-30-24(34)12-6-14-26(30)38-27-15-7-13-25(35)31(27)29/h3-5,8-11,16-17,29H,2,6-7,12-15,18H2,1H3. The van der Waals surface area contributed by atoms with Gasteiger partial charge in [0.25, 0.3) is 0 Å². The Morgan fingerprint density at radius 2 is 1.55 bits per heavy atom. The van der Waals surface area contributed by atoms with Gasteiger partial charge in [-0.15, -0.1) is 0 Å². The highest BCUT2D eigenvalue weighted by Crippen LogP contribution is 2.50. The van der Waals surface area contributed by atoms with Crippen LogP contribution in [0.2, 0.25) is 5.02 Å². The Morgan fingerprint density at radius 1 is 0.868 bits per heavy atom. The molecule has 0 bridgehead atoms. The van der Waals surface area contributed by atoms with Crippen LogP contribution in [0.3, 0.4) is 0 Å². The normalized spacial score (nSPS) is 17.8. The molecule has 0 amide bonds. The van der Waals surface area contributed by atoms with E-state index in [1.54, 1.807) is 0 Å². The molecule has 38 heavy (non-hydrogen) atoms. The lowest BCUT2D eigenvalue weighted by atomic mass is 9.73. The fraction of sp³-hybridized carbons (Fsp3) is 0.312. The summed E-state index contributed by atoms with van der Waals surface area (Å²) in [6.07, 6.45) is 3.81. The first kappa shape index (κ1) is 24.7. The first-order valence-corrected chi connectivity index (χ1v) is 13.7. The van der Waals surface area contributed by atoms with Crippen molar-refractivity contribution in [3.05, 3.63) is 93.4 Å². The Bertz CT molecular complexity index is 1470. The molecular weight excluding hydrogens is 500 g/mol. The summed E-state index contributed by atoms with van der Waals surface area (Å²) in [5.41, 5.74) is 2.98. The lowest BCUT2D eigenvalue weighted by molar-refractivity contribution is -0.117. The number of ketones is 2. The number of benzene rings is 3. The van der Waals surface area contributed by atoms with E-state index in [0.29, 0.717) is 78.1 Å². The number of carbonyl (C=O) groups excluding carboxylic acids is 2. The minimum absolute atomic E-state index is 0.0338. The SMILES string of the molecule is CCOc1cc(C2C3=C(CCCC3=O)OC3=C2C(=O)CCC3)cc(Cl)c1OCc1cccc2ccccc12. The van der Waals surface area contributed by atoms with Gasteiger partial charge in [-0.1, -0.05) is 54.1 Å². The van der Waals surface area contributed by atoms with E-state index in [2.05, 4.69) is 18.2 Å². The maximum absolute atomic E-state index is 13.2. The highest BCUT2D eigenvalue weighted by atomic mass is 35.5. The minimum atomic E-state index is -0.502. The molecule has 3 aromatic carbocycles. The van der Waals surface area contributed by atoms with E-state index < -0.39 is 5.92 Å². The summed E-state index contributed by atoms with van der Waals surface area (Å²) in [6, 6.07) is 18.0. The first-order valence-electron chi connectivity index (χ1n) is 13.3. The highest BCUT2D eigenvalue weighted by molar-refractivity contribution is 6.32. The largest absolute Gasteiger partial charge is 0.490 e. The van der Waals surface area contributed by atoms with Crippen LogP contribution in [-0.4, -0.2) is 18.2 Å². The van der Waals surface area contributed by atoms with Gasteiger partial charge in [-0.3, -0.25) is 9.59 Å². The number of ether oxygens (including phenoxy) is 3. The lowest BCUT2D eigenvalue weighted by Crippen LogP contribution is -2.30. The van der Waals surface area contributed by atoms with Crippen molar-refractivity contribution >= 4 is 33.9 Å². The minimum Gasteiger partial charge on any atom is -0.490 e. The number of rotatable bonds is 6. The number of allylic oxidation sites excluding steroid dienone is 4. The molecule has 0 spiro atoms. The van der Waals surface area contributed by atoms with Gasteiger partial charge < -0.3 is 14.2 Å². The van der Waals surface area contributed by atoms with Crippen LogP contribution in [0.25, 0.3) is 10.8 Å². The average Bonchev–Trinajstić information content (AvgIpc) is 2.92. The van der Waals surface area contributed by atoms with Crippen LogP contribution >= 0.6 is 11.6 Å². The molecule has 3 aliphatic rings. The number of fused-ring (bicyclic) bond motifs is 1. The van der Waals surface area contributed by atoms with Crippen molar-refractivity contribution in [3.8, 4) is 11.5 Å². The van der Waals surface area contributed by atoms with Crippen molar-refractivity contribution in [2.45, 2.75) is 58.0 Å². The molecule has 0 unspecified atom stereocenters. The topological polar surface area (TPSA) is 61.8 Å². The smallest absolute Gasteiger partial charge is 0.180 e. The fourth-order valence-electron chi connectivity index (χ4n) is 5.88. The van der Waals surface area contributed by atoms with Gasteiger partial charge in [-0.05, 0) is 53.8 Å². The second-order valence-corrected chi connectivity index (χ2v) is 10.4. The van der Waals surface area contributed by atoms with Gasteiger partial charge in [0.15, 0.2) is 23.1 Å². The van der Waals surface area contributed by atoms with E-state index in [0.717, 1.165) is 34.7 Å². The third kappa shape index (κ3) is 4.39. The summed E-state index contributed by atoms with van der Waals surface area (Å²) in [5, 5.41) is 2.64. The molecule has 3 aromatic rings. The summed E-state index contributed by atoms with van der Waals surface area (Å²) in [4.78, 5) is 26.3. The number of Topliss-reactive ketones (excluding diaryl/α,β-unsaturated/α-hetero) is 2. The Hall–Kier alpha value is -3.57. The molecule has 194 valence electrons. The Morgan fingerprint density at radius 3 is 2.26 bits per heavy atom. The van der Waals surface area contributed by atoms with Crippen LogP contribution in [0.4, 0.5) is 0 Å². The quantitative estimate of drug-likeness (QED) is 0.329. The molecule has 0 saturated carbocycles. The third-order valence-electron chi connectivity index (χ3n) is 7.56. The van der Waals surface area contributed by atoms with Gasteiger partial charge in [0.05, 0.1) is 11.6 Å². The maximum Gasteiger partial charge on any atom is 0.180 e. The van der Waals surface area contributed by atoms with Gasteiger partial charge in [-0.2, -0.15) is 0 Å². The van der Waals surface area contributed by atoms with Crippen molar-refractivity contribution in [1.82, 2.24) is 0 Å². The molecule has 6 heteroatoms. The van der Waals surface area contributed by atoms with Crippen molar-refractivity contribution in [1.29, 1.82) is 0 Å². The van der Waals surface area contributed by atoms with E-state index in [-0.39, 0.29) is 11.6 Å². The zero-order chi connectivity index (χ0) is 26.2. The Kier molecular flexibility index (Phi) is 6.71. The van der Waals surface area contributed by atoms with Gasteiger partial charge in [-0.25, -0.2) is 0 Å². The molecular formula is C32H29ClO5. The molecule has 1 heterocycles. The van der Waals surface area contributed by atoms with Gasteiger partial charge in [0.2, 0.25) is 0 Å². The molecule has 2 aliphatic carbocycles. The molecule has 0 atom stereocenters. The molecule has 0 radical (unpaired) electrons. The predicted octanol–water partition coefficient (Wildman–Crippen LogP) is 7.60. The molecule has 0 aromatic heterocycles. The average molecular weight is 529 g/mol. The van der Waals surface area contributed by atoms with Gasteiger partial charge >= 0.3 is 0 Å². The lowest BCUT2D eigenvalue weighted by Gasteiger charge is -2.36. The van der Waals surface area contributed by atoms with Crippen LogP contribution in [0.5, 0.6) is 11.5 Å². The zero-order valence-electron chi connectivity index (χ0n) is 21.3. The summed E-state index contributed by atoms with van der Waals surface area (Å²) in [7, 11) is 0. The van der Waals surface area contributed by atoms with Crippen molar-refractivity contribution < 1.29 is 23.8 Å². The Labute approximate surface area is 227 Å². The van der Waals surface area contributed by atoms with Crippen molar-refractivity contribution in [3.63, 3.8) is 0 Å². The molecule has 0 fully saturated rings. The predicted molar refractivity (Wildman–Crippen MR) is 146 cm³/mol. The summed E-state index contributed by atoms with van der Waals surface area (Å²) >= 11 is 6.86. The van der Waals surface area contributed by atoms with Crippen LogP contribution < -0.4 is 9.47 Å². The van der Waals surface area contributed by atoms with E-state index in [1.165, 1.54) is 0 Å². The molecule has 0 N–H and O–H groups in total.